The Bertz CT molecular complexity index is 478. The number of likely N-dealkylation sites (tertiary alicyclic amines) is 1. The van der Waals surface area contributed by atoms with Crippen LogP contribution in [-0.2, 0) is 0 Å². The van der Waals surface area contributed by atoms with E-state index in [1.165, 1.54) is 6.07 Å². The van der Waals surface area contributed by atoms with Crippen LogP contribution in [0.3, 0.4) is 0 Å². The van der Waals surface area contributed by atoms with Crippen molar-refractivity contribution >= 4 is 21.8 Å². The van der Waals surface area contributed by atoms with E-state index in [4.69, 9.17) is 0 Å². The van der Waals surface area contributed by atoms with Crippen LogP contribution in [0.2, 0.25) is 0 Å². The van der Waals surface area contributed by atoms with Crippen molar-refractivity contribution in [1.29, 1.82) is 0 Å². The summed E-state index contributed by atoms with van der Waals surface area (Å²) in [6.07, 6.45) is 2.89. The van der Waals surface area contributed by atoms with Gasteiger partial charge in [-0.25, -0.2) is 8.78 Å². The third-order valence-corrected chi connectivity index (χ3v) is 3.75. The topological polar surface area (TPSA) is 20.3 Å². The highest BCUT2D eigenvalue weighted by Gasteiger charge is 2.27. The molecule has 2 rings (SSSR count). The number of hydrogen-bond donors (Lipinski definition) is 0. The van der Waals surface area contributed by atoms with E-state index in [1.807, 2.05) is 6.92 Å². The van der Waals surface area contributed by atoms with Crippen LogP contribution in [0.5, 0.6) is 0 Å². The van der Waals surface area contributed by atoms with Crippen LogP contribution < -0.4 is 0 Å². The molecule has 0 aromatic heterocycles. The van der Waals surface area contributed by atoms with E-state index in [0.29, 0.717) is 11.0 Å². The van der Waals surface area contributed by atoms with E-state index in [1.54, 1.807) is 4.90 Å². The molecule has 0 aliphatic carbocycles. The Hall–Kier alpha value is -0.970. The summed E-state index contributed by atoms with van der Waals surface area (Å²) in [5.41, 5.74) is -0.198. The van der Waals surface area contributed by atoms with Crippen molar-refractivity contribution in [3.8, 4) is 0 Å². The van der Waals surface area contributed by atoms with Crippen molar-refractivity contribution in [3.63, 3.8) is 0 Å². The maximum atomic E-state index is 13.7. The molecule has 98 valence electrons. The molecule has 1 aromatic rings. The van der Waals surface area contributed by atoms with Crippen molar-refractivity contribution in [1.82, 2.24) is 4.90 Å². The van der Waals surface area contributed by atoms with Gasteiger partial charge in [-0.2, -0.15) is 0 Å². The molecule has 1 aliphatic rings. The predicted molar refractivity (Wildman–Crippen MR) is 68.4 cm³/mol. The molecular weight excluding hydrogens is 304 g/mol. The molecule has 1 amide bonds. The second-order valence-corrected chi connectivity index (χ2v) is 5.51. The van der Waals surface area contributed by atoms with E-state index in [9.17, 15) is 13.6 Å². The largest absolute Gasteiger partial charge is 0.336 e. The van der Waals surface area contributed by atoms with Gasteiger partial charge in [0.15, 0.2) is 11.6 Å². The summed E-state index contributed by atoms with van der Waals surface area (Å²) in [6, 6.07) is 2.43. The van der Waals surface area contributed by atoms with Gasteiger partial charge in [0.25, 0.3) is 5.91 Å². The number of carbonyl (C=O) groups is 1. The Kier molecular flexibility index (Phi) is 4.00. The SMILES string of the molecule is CC1CCCCN1C(=O)c1cc(Br)cc(F)c1F. The predicted octanol–water partition coefficient (Wildman–Crippen LogP) is 3.74. The molecule has 1 aliphatic heterocycles. The van der Waals surface area contributed by atoms with Crippen molar-refractivity contribution in [2.45, 2.75) is 32.2 Å². The Morgan fingerprint density at radius 3 is 2.78 bits per heavy atom. The molecule has 2 nitrogen and oxygen atoms in total. The number of rotatable bonds is 1. The lowest BCUT2D eigenvalue weighted by Crippen LogP contribution is -2.42. The number of piperidine rings is 1. The summed E-state index contributed by atoms with van der Waals surface area (Å²) in [5.74, 6) is -2.50. The van der Waals surface area contributed by atoms with Crippen LogP contribution in [0.4, 0.5) is 8.78 Å². The van der Waals surface area contributed by atoms with Crippen LogP contribution in [0.15, 0.2) is 16.6 Å². The van der Waals surface area contributed by atoms with Gasteiger partial charge in [0.1, 0.15) is 0 Å². The van der Waals surface area contributed by atoms with Crippen LogP contribution >= 0.6 is 15.9 Å². The minimum absolute atomic E-state index is 0.0766. The van der Waals surface area contributed by atoms with Crippen molar-refractivity contribution in [3.05, 3.63) is 33.8 Å². The van der Waals surface area contributed by atoms with Crippen molar-refractivity contribution in [2.24, 2.45) is 0 Å². The van der Waals surface area contributed by atoms with Gasteiger partial charge in [0.2, 0.25) is 0 Å². The number of amides is 1. The highest BCUT2D eigenvalue weighted by atomic mass is 79.9. The molecule has 1 saturated heterocycles. The molecule has 1 unspecified atom stereocenters. The smallest absolute Gasteiger partial charge is 0.257 e. The van der Waals surface area contributed by atoms with Gasteiger partial charge in [-0.1, -0.05) is 15.9 Å². The summed E-state index contributed by atoms with van der Waals surface area (Å²) in [5, 5.41) is 0. The maximum Gasteiger partial charge on any atom is 0.257 e. The number of carbonyl (C=O) groups excluding carboxylic acids is 1. The highest BCUT2D eigenvalue weighted by molar-refractivity contribution is 9.10. The highest BCUT2D eigenvalue weighted by Crippen LogP contribution is 2.24. The van der Waals surface area contributed by atoms with Gasteiger partial charge in [-0.15, -0.1) is 0 Å². The molecule has 0 N–H and O–H groups in total. The van der Waals surface area contributed by atoms with Crippen LogP contribution in [-0.4, -0.2) is 23.4 Å². The minimum Gasteiger partial charge on any atom is -0.336 e. The van der Waals surface area contributed by atoms with E-state index < -0.39 is 17.5 Å². The van der Waals surface area contributed by atoms with Crippen LogP contribution in [0.25, 0.3) is 0 Å². The molecule has 18 heavy (non-hydrogen) atoms. The summed E-state index contributed by atoms with van der Waals surface area (Å²) in [7, 11) is 0. The van der Waals surface area contributed by atoms with Crippen LogP contribution in [0, 0.1) is 11.6 Å². The first-order chi connectivity index (χ1) is 8.50. The average molecular weight is 318 g/mol. The van der Waals surface area contributed by atoms with Gasteiger partial charge >= 0.3 is 0 Å². The summed E-state index contributed by atoms with van der Waals surface area (Å²) in [6.45, 7) is 2.54. The third-order valence-electron chi connectivity index (χ3n) is 3.29. The van der Waals surface area contributed by atoms with Gasteiger partial charge in [0, 0.05) is 17.1 Å². The Labute approximate surface area is 113 Å². The molecule has 1 aromatic carbocycles. The molecule has 0 radical (unpaired) electrons. The molecule has 0 bridgehead atoms. The second-order valence-electron chi connectivity index (χ2n) is 4.59. The quantitative estimate of drug-likeness (QED) is 0.722. The Balaban J connectivity index is 2.33. The van der Waals surface area contributed by atoms with Gasteiger partial charge in [0.05, 0.1) is 5.56 Å². The molecular formula is C13H14BrF2NO. The number of benzene rings is 1. The number of nitrogens with zero attached hydrogens (tertiary/aromatic N) is 1. The van der Waals surface area contributed by atoms with Gasteiger partial charge in [-0.05, 0) is 38.3 Å². The zero-order chi connectivity index (χ0) is 13.3. The molecule has 1 heterocycles. The number of hydrogen-bond acceptors (Lipinski definition) is 1. The lowest BCUT2D eigenvalue weighted by atomic mass is 10.0. The normalized spacial score (nSPS) is 20.0. The summed E-state index contributed by atoms with van der Waals surface area (Å²) in [4.78, 5) is 13.9. The molecule has 1 atom stereocenters. The molecule has 5 heteroatoms. The first kappa shape index (κ1) is 13.5. The fraction of sp³-hybridized carbons (Fsp3) is 0.462. The van der Waals surface area contributed by atoms with Gasteiger partial charge in [-0.3, -0.25) is 4.79 Å². The maximum absolute atomic E-state index is 13.7. The zero-order valence-electron chi connectivity index (χ0n) is 10.0. The Morgan fingerprint density at radius 1 is 1.39 bits per heavy atom. The van der Waals surface area contributed by atoms with E-state index in [0.717, 1.165) is 25.3 Å². The molecule has 1 fully saturated rings. The third kappa shape index (κ3) is 2.55. The lowest BCUT2D eigenvalue weighted by molar-refractivity contribution is 0.0629. The average Bonchev–Trinajstić information content (AvgIpc) is 2.33. The summed E-state index contributed by atoms with van der Waals surface area (Å²) >= 11 is 3.08. The molecule has 0 spiro atoms. The summed E-state index contributed by atoms with van der Waals surface area (Å²) < 4.78 is 27.3. The zero-order valence-corrected chi connectivity index (χ0v) is 11.6. The first-order valence-electron chi connectivity index (χ1n) is 5.96. The standard InChI is InChI=1S/C13H14BrF2NO/c1-8-4-2-3-5-17(8)13(18)10-6-9(14)7-11(15)12(10)16/h6-8H,2-5H2,1H3. The van der Waals surface area contributed by atoms with E-state index >= 15 is 0 Å². The fourth-order valence-electron chi connectivity index (χ4n) is 2.27. The molecule has 0 saturated carbocycles. The lowest BCUT2D eigenvalue weighted by Gasteiger charge is -2.33. The van der Waals surface area contributed by atoms with Crippen molar-refractivity contribution < 1.29 is 13.6 Å². The van der Waals surface area contributed by atoms with Crippen LogP contribution in [0.1, 0.15) is 36.5 Å². The number of halogens is 3. The second kappa shape index (κ2) is 5.34. The Morgan fingerprint density at radius 2 is 2.11 bits per heavy atom. The first-order valence-corrected chi connectivity index (χ1v) is 6.75. The van der Waals surface area contributed by atoms with E-state index in [-0.39, 0.29) is 11.6 Å². The van der Waals surface area contributed by atoms with E-state index in [2.05, 4.69) is 15.9 Å². The van der Waals surface area contributed by atoms with Crippen molar-refractivity contribution in [2.75, 3.05) is 6.54 Å². The fourth-order valence-corrected chi connectivity index (χ4v) is 2.70. The minimum atomic E-state index is -1.07. The van der Waals surface area contributed by atoms with Gasteiger partial charge < -0.3 is 4.90 Å². The monoisotopic (exact) mass is 317 g/mol.